The molecule has 0 atom stereocenters. The van der Waals surface area contributed by atoms with Gasteiger partial charge in [0, 0.05) is 16.8 Å². The first-order chi connectivity index (χ1) is 9.40. The molecule has 0 amide bonds. The zero-order valence-corrected chi connectivity index (χ0v) is 12.4. The van der Waals surface area contributed by atoms with E-state index in [0.717, 1.165) is 16.7 Å². The zero-order valence-electron chi connectivity index (χ0n) is 11.6. The van der Waals surface area contributed by atoms with Crippen LogP contribution in [0, 0.1) is 20.8 Å². The summed E-state index contributed by atoms with van der Waals surface area (Å²) in [5.41, 5.74) is 3.59. The van der Waals surface area contributed by atoms with Gasteiger partial charge in [0.15, 0.2) is 0 Å². The number of nitrogens with zero attached hydrogens (tertiary/aromatic N) is 1. The predicted octanol–water partition coefficient (Wildman–Crippen LogP) is 4.43. The molecule has 104 valence electrons. The van der Waals surface area contributed by atoms with Crippen LogP contribution >= 0.6 is 11.6 Å². The van der Waals surface area contributed by atoms with Crippen LogP contribution in [0.2, 0.25) is 5.02 Å². The molecule has 0 fully saturated rings. The fourth-order valence-corrected chi connectivity index (χ4v) is 2.14. The molecule has 0 heterocycles. The van der Waals surface area contributed by atoms with Crippen LogP contribution in [-0.4, -0.2) is 16.4 Å². The highest BCUT2D eigenvalue weighted by Gasteiger charge is 2.10. The highest BCUT2D eigenvalue weighted by molar-refractivity contribution is 6.32. The van der Waals surface area contributed by atoms with Gasteiger partial charge in [0.05, 0.1) is 0 Å². The van der Waals surface area contributed by atoms with Crippen molar-refractivity contribution in [2.75, 3.05) is 0 Å². The highest BCUT2D eigenvalue weighted by Crippen LogP contribution is 2.31. The summed E-state index contributed by atoms with van der Waals surface area (Å²) in [4.78, 5) is 4.24. The van der Waals surface area contributed by atoms with E-state index in [9.17, 15) is 10.2 Å². The number of phenols is 2. The fraction of sp³-hybridized carbons (Fsp3) is 0.188. The number of aromatic hydroxyl groups is 2. The van der Waals surface area contributed by atoms with Crippen molar-refractivity contribution >= 4 is 23.5 Å². The van der Waals surface area contributed by atoms with Crippen LogP contribution in [0.5, 0.6) is 11.5 Å². The van der Waals surface area contributed by atoms with E-state index in [2.05, 4.69) is 4.99 Å². The normalized spacial score (nSPS) is 11.2. The molecule has 0 saturated heterocycles. The van der Waals surface area contributed by atoms with Crippen LogP contribution < -0.4 is 0 Å². The fourth-order valence-electron chi connectivity index (χ4n) is 1.99. The van der Waals surface area contributed by atoms with Crippen LogP contribution in [0.15, 0.2) is 29.3 Å². The van der Waals surface area contributed by atoms with E-state index < -0.39 is 0 Å². The van der Waals surface area contributed by atoms with Gasteiger partial charge in [0.1, 0.15) is 17.2 Å². The summed E-state index contributed by atoms with van der Waals surface area (Å²) in [7, 11) is 0. The minimum absolute atomic E-state index is 0.0993. The highest BCUT2D eigenvalue weighted by atomic mass is 35.5. The molecule has 0 saturated carbocycles. The Hall–Kier alpha value is -2.00. The molecule has 20 heavy (non-hydrogen) atoms. The molecular formula is C16H16ClNO2. The van der Waals surface area contributed by atoms with Crippen molar-refractivity contribution in [1.82, 2.24) is 0 Å². The van der Waals surface area contributed by atoms with Crippen molar-refractivity contribution < 1.29 is 10.2 Å². The molecule has 0 radical (unpaired) electrons. The molecule has 2 aromatic rings. The standard InChI is InChI=1S/C16H16ClNO2/c1-9-4-5-14(19)13(6-9)18-8-12-11(3)16(17)10(2)7-15(12)20/h4-8,19-20H,1-3H3. The van der Waals surface area contributed by atoms with E-state index in [1.165, 1.54) is 6.21 Å². The number of aliphatic imine (C=N–C) groups is 1. The van der Waals surface area contributed by atoms with Crippen LogP contribution in [0.1, 0.15) is 22.3 Å². The van der Waals surface area contributed by atoms with Crippen molar-refractivity contribution in [2.24, 2.45) is 4.99 Å². The molecular weight excluding hydrogens is 274 g/mol. The topological polar surface area (TPSA) is 52.8 Å². The Morgan fingerprint density at radius 2 is 1.75 bits per heavy atom. The molecule has 0 aliphatic carbocycles. The van der Waals surface area contributed by atoms with Crippen molar-refractivity contribution in [3.8, 4) is 11.5 Å². The predicted molar refractivity (Wildman–Crippen MR) is 82.7 cm³/mol. The monoisotopic (exact) mass is 289 g/mol. The van der Waals surface area contributed by atoms with Gasteiger partial charge in [-0.3, -0.25) is 4.99 Å². The molecule has 0 aliphatic rings. The quantitative estimate of drug-likeness (QED) is 0.804. The van der Waals surface area contributed by atoms with Gasteiger partial charge in [-0.05, 0) is 55.7 Å². The molecule has 2 N–H and O–H groups in total. The third kappa shape index (κ3) is 2.78. The Morgan fingerprint density at radius 3 is 2.45 bits per heavy atom. The minimum Gasteiger partial charge on any atom is -0.507 e. The van der Waals surface area contributed by atoms with E-state index in [1.54, 1.807) is 24.3 Å². The average molecular weight is 290 g/mol. The molecule has 0 spiro atoms. The SMILES string of the molecule is Cc1ccc(O)c(N=Cc2c(O)cc(C)c(Cl)c2C)c1. The minimum atomic E-state index is 0.0993. The number of hydrogen-bond acceptors (Lipinski definition) is 3. The lowest BCUT2D eigenvalue weighted by Gasteiger charge is -2.09. The van der Waals surface area contributed by atoms with E-state index in [0.29, 0.717) is 16.3 Å². The van der Waals surface area contributed by atoms with E-state index in [-0.39, 0.29) is 11.5 Å². The molecule has 3 nitrogen and oxygen atoms in total. The van der Waals surface area contributed by atoms with Gasteiger partial charge in [-0.15, -0.1) is 0 Å². The zero-order chi connectivity index (χ0) is 14.9. The van der Waals surface area contributed by atoms with Gasteiger partial charge in [0.25, 0.3) is 0 Å². The van der Waals surface area contributed by atoms with Crippen LogP contribution in [0.3, 0.4) is 0 Å². The number of phenolic OH excluding ortho intramolecular Hbond substituents is 2. The van der Waals surface area contributed by atoms with Crippen molar-refractivity contribution in [2.45, 2.75) is 20.8 Å². The third-order valence-electron chi connectivity index (χ3n) is 3.17. The maximum atomic E-state index is 9.99. The van der Waals surface area contributed by atoms with Gasteiger partial charge >= 0.3 is 0 Å². The van der Waals surface area contributed by atoms with E-state index in [1.807, 2.05) is 20.8 Å². The van der Waals surface area contributed by atoms with E-state index in [4.69, 9.17) is 11.6 Å². The molecule has 0 bridgehead atoms. The lowest BCUT2D eigenvalue weighted by Crippen LogP contribution is -1.92. The van der Waals surface area contributed by atoms with Crippen molar-refractivity contribution in [3.63, 3.8) is 0 Å². The number of benzene rings is 2. The third-order valence-corrected chi connectivity index (χ3v) is 3.75. The lowest BCUT2D eigenvalue weighted by molar-refractivity contribution is 0.473. The molecule has 0 aromatic heterocycles. The maximum Gasteiger partial charge on any atom is 0.141 e. The maximum absolute atomic E-state index is 9.99. The largest absolute Gasteiger partial charge is 0.507 e. The molecule has 0 unspecified atom stereocenters. The Morgan fingerprint density at radius 1 is 1.05 bits per heavy atom. The molecule has 4 heteroatoms. The number of hydrogen-bond donors (Lipinski definition) is 2. The van der Waals surface area contributed by atoms with Gasteiger partial charge < -0.3 is 10.2 Å². The second-order valence-corrected chi connectivity index (χ2v) is 5.19. The molecule has 2 rings (SSSR count). The van der Waals surface area contributed by atoms with E-state index >= 15 is 0 Å². The van der Waals surface area contributed by atoms with Gasteiger partial charge in [-0.2, -0.15) is 0 Å². The Kier molecular flexibility index (Phi) is 4.00. The first-order valence-electron chi connectivity index (χ1n) is 6.22. The summed E-state index contributed by atoms with van der Waals surface area (Å²) in [6.07, 6.45) is 1.52. The van der Waals surface area contributed by atoms with Crippen LogP contribution in [-0.2, 0) is 0 Å². The Labute approximate surface area is 123 Å². The lowest BCUT2D eigenvalue weighted by atomic mass is 10.0. The first kappa shape index (κ1) is 14.4. The van der Waals surface area contributed by atoms with Crippen molar-refractivity contribution in [3.05, 3.63) is 51.5 Å². The van der Waals surface area contributed by atoms with Gasteiger partial charge in [0.2, 0.25) is 0 Å². The van der Waals surface area contributed by atoms with Gasteiger partial charge in [-0.1, -0.05) is 17.7 Å². The second-order valence-electron chi connectivity index (χ2n) is 4.82. The number of aryl methyl sites for hydroxylation is 2. The number of rotatable bonds is 2. The van der Waals surface area contributed by atoms with Gasteiger partial charge in [-0.25, -0.2) is 0 Å². The summed E-state index contributed by atoms with van der Waals surface area (Å²) < 4.78 is 0. The van der Waals surface area contributed by atoms with Crippen LogP contribution in [0.25, 0.3) is 0 Å². The molecule has 2 aromatic carbocycles. The first-order valence-corrected chi connectivity index (χ1v) is 6.60. The summed E-state index contributed by atoms with van der Waals surface area (Å²) in [5.74, 6) is 0.225. The summed E-state index contributed by atoms with van der Waals surface area (Å²) >= 11 is 6.17. The van der Waals surface area contributed by atoms with Crippen LogP contribution in [0.4, 0.5) is 5.69 Å². The summed E-state index contributed by atoms with van der Waals surface area (Å²) in [6.45, 7) is 5.58. The number of halogens is 1. The average Bonchev–Trinajstić information content (AvgIpc) is 2.40. The smallest absolute Gasteiger partial charge is 0.141 e. The van der Waals surface area contributed by atoms with Crippen molar-refractivity contribution in [1.29, 1.82) is 0 Å². The Bertz CT molecular complexity index is 693. The summed E-state index contributed by atoms with van der Waals surface area (Å²) in [6, 6.07) is 6.78. The summed E-state index contributed by atoms with van der Waals surface area (Å²) in [5, 5.41) is 20.3. The molecule has 0 aliphatic heterocycles. The second kappa shape index (κ2) is 5.55. The Balaban J connectivity index is 2.47.